The van der Waals surface area contributed by atoms with Crippen LogP contribution >= 0.6 is 0 Å². The molecular formula is C18H21FN2O4S. The minimum absolute atomic E-state index is 0.185. The van der Waals surface area contributed by atoms with Crippen molar-refractivity contribution in [2.45, 2.75) is 18.2 Å². The molecule has 2 aromatic rings. The first-order valence-corrected chi connectivity index (χ1v) is 9.48. The molecule has 0 bridgehead atoms. The number of anilines is 1. The van der Waals surface area contributed by atoms with Crippen molar-refractivity contribution >= 4 is 21.6 Å². The van der Waals surface area contributed by atoms with Crippen LogP contribution in [0.15, 0.2) is 47.4 Å². The van der Waals surface area contributed by atoms with Crippen molar-refractivity contribution in [3.05, 3.63) is 59.4 Å². The molecule has 0 radical (unpaired) electrons. The number of hydrogen-bond donors (Lipinski definition) is 2. The number of carbonyl (C=O) groups excluding carboxylic acids is 1. The SMILES string of the molecule is COCCCNC(=O)c1cccc(NS(=O)(=O)c2ccc(C)c(F)c2)c1. The van der Waals surface area contributed by atoms with Crippen LogP contribution in [0.3, 0.4) is 0 Å². The van der Waals surface area contributed by atoms with Gasteiger partial charge < -0.3 is 10.1 Å². The van der Waals surface area contributed by atoms with Gasteiger partial charge in [0.15, 0.2) is 0 Å². The van der Waals surface area contributed by atoms with Gasteiger partial charge >= 0.3 is 0 Å². The molecule has 6 nitrogen and oxygen atoms in total. The van der Waals surface area contributed by atoms with Crippen molar-refractivity contribution in [3.63, 3.8) is 0 Å². The normalized spacial score (nSPS) is 11.2. The fourth-order valence-corrected chi connectivity index (χ4v) is 3.26. The van der Waals surface area contributed by atoms with Crippen LogP contribution in [0.2, 0.25) is 0 Å². The summed E-state index contributed by atoms with van der Waals surface area (Å²) in [5.41, 5.74) is 0.893. The number of benzene rings is 2. The zero-order valence-electron chi connectivity index (χ0n) is 14.6. The van der Waals surface area contributed by atoms with Crippen molar-refractivity contribution in [3.8, 4) is 0 Å². The maximum atomic E-state index is 13.6. The summed E-state index contributed by atoms with van der Waals surface area (Å²) in [4.78, 5) is 11.9. The molecule has 0 aliphatic carbocycles. The van der Waals surface area contributed by atoms with E-state index < -0.39 is 15.8 Å². The van der Waals surface area contributed by atoms with Gasteiger partial charge in [-0.2, -0.15) is 0 Å². The van der Waals surface area contributed by atoms with E-state index >= 15 is 0 Å². The summed E-state index contributed by atoms with van der Waals surface area (Å²) in [5, 5.41) is 2.72. The molecule has 0 saturated carbocycles. The van der Waals surface area contributed by atoms with Crippen molar-refractivity contribution in [1.82, 2.24) is 5.32 Å². The molecule has 0 fully saturated rings. The highest BCUT2D eigenvalue weighted by atomic mass is 32.2. The third-order valence-corrected chi connectivity index (χ3v) is 5.02. The number of ether oxygens (including phenoxy) is 1. The topological polar surface area (TPSA) is 84.5 Å². The number of carbonyl (C=O) groups is 1. The monoisotopic (exact) mass is 380 g/mol. The Morgan fingerprint density at radius 1 is 1.19 bits per heavy atom. The molecular weight excluding hydrogens is 359 g/mol. The van der Waals surface area contributed by atoms with E-state index in [1.165, 1.54) is 24.3 Å². The van der Waals surface area contributed by atoms with Gasteiger partial charge in [0.1, 0.15) is 5.82 Å². The second-order valence-corrected chi connectivity index (χ2v) is 7.38. The molecule has 2 rings (SSSR count). The Morgan fingerprint density at radius 2 is 1.96 bits per heavy atom. The highest BCUT2D eigenvalue weighted by molar-refractivity contribution is 7.92. The number of methoxy groups -OCH3 is 1. The number of rotatable bonds is 8. The summed E-state index contributed by atoms with van der Waals surface area (Å²) in [6.45, 7) is 2.53. The number of halogens is 1. The molecule has 8 heteroatoms. The van der Waals surface area contributed by atoms with Crippen LogP contribution in [0.5, 0.6) is 0 Å². The summed E-state index contributed by atoms with van der Waals surface area (Å²) in [6.07, 6.45) is 0.674. The molecule has 140 valence electrons. The van der Waals surface area contributed by atoms with Gasteiger partial charge in [-0.3, -0.25) is 9.52 Å². The van der Waals surface area contributed by atoms with E-state index in [0.29, 0.717) is 30.7 Å². The Hall–Kier alpha value is -2.45. The third kappa shape index (κ3) is 5.27. The van der Waals surface area contributed by atoms with Gasteiger partial charge in [-0.15, -0.1) is 0 Å². The molecule has 26 heavy (non-hydrogen) atoms. The number of amides is 1. The average Bonchev–Trinajstić information content (AvgIpc) is 2.60. The minimum Gasteiger partial charge on any atom is -0.385 e. The molecule has 0 aromatic heterocycles. The van der Waals surface area contributed by atoms with Crippen LogP contribution < -0.4 is 10.0 Å². The molecule has 0 spiro atoms. The predicted molar refractivity (Wildman–Crippen MR) is 97.2 cm³/mol. The van der Waals surface area contributed by atoms with Crippen LogP contribution in [-0.2, 0) is 14.8 Å². The van der Waals surface area contributed by atoms with Gasteiger partial charge in [0, 0.05) is 31.5 Å². The maximum absolute atomic E-state index is 13.6. The lowest BCUT2D eigenvalue weighted by Gasteiger charge is -2.10. The zero-order chi connectivity index (χ0) is 19.2. The number of hydrogen-bond acceptors (Lipinski definition) is 4. The largest absolute Gasteiger partial charge is 0.385 e. The van der Waals surface area contributed by atoms with Crippen LogP contribution in [0.25, 0.3) is 0 Å². The van der Waals surface area contributed by atoms with Gasteiger partial charge in [-0.05, 0) is 49.2 Å². The van der Waals surface area contributed by atoms with Crippen molar-refractivity contribution < 1.29 is 22.3 Å². The van der Waals surface area contributed by atoms with Crippen molar-refractivity contribution in [2.75, 3.05) is 25.0 Å². The van der Waals surface area contributed by atoms with E-state index in [-0.39, 0.29) is 16.5 Å². The number of aryl methyl sites for hydroxylation is 1. The van der Waals surface area contributed by atoms with Crippen LogP contribution in [0, 0.1) is 12.7 Å². The fourth-order valence-electron chi connectivity index (χ4n) is 2.20. The second-order valence-electron chi connectivity index (χ2n) is 5.70. The molecule has 1 amide bonds. The second kappa shape index (κ2) is 8.77. The van der Waals surface area contributed by atoms with E-state index in [2.05, 4.69) is 10.0 Å². The van der Waals surface area contributed by atoms with Gasteiger partial charge in [0.25, 0.3) is 15.9 Å². The molecule has 2 N–H and O–H groups in total. The summed E-state index contributed by atoms with van der Waals surface area (Å²) in [7, 11) is -2.38. The van der Waals surface area contributed by atoms with Crippen molar-refractivity contribution in [2.24, 2.45) is 0 Å². The molecule has 0 unspecified atom stereocenters. The minimum atomic E-state index is -3.96. The number of nitrogens with one attached hydrogen (secondary N) is 2. The van der Waals surface area contributed by atoms with Gasteiger partial charge in [0.2, 0.25) is 0 Å². The molecule has 0 heterocycles. The quantitative estimate of drug-likeness (QED) is 0.690. The first-order valence-electron chi connectivity index (χ1n) is 7.99. The molecule has 0 aliphatic heterocycles. The van der Waals surface area contributed by atoms with E-state index in [9.17, 15) is 17.6 Å². The van der Waals surface area contributed by atoms with E-state index in [1.807, 2.05) is 0 Å². The lowest BCUT2D eigenvalue weighted by Crippen LogP contribution is -2.25. The predicted octanol–water partition coefficient (Wildman–Crippen LogP) is 2.70. The Labute approximate surface area is 152 Å². The van der Waals surface area contributed by atoms with Crippen LogP contribution in [0.1, 0.15) is 22.3 Å². The highest BCUT2D eigenvalue weighted by Gasteiger charge is 2.16. The smallest absolute Gasteiger partial charge is 0.261 e. The first kappa shape index (κ1) is 19.9. The summed E-state index contributed by atoms with van der Waals surface area (Å²) >= 11 is 0. The van der Waals surface area contributed by atoms with Gasteiger partial charge in [-0.25, -0.2) is 12.8 Å². The lowest BCUT2D eigenvalue weighted by atomic mass is 10.2. The van der Waals surface area contributed by atoms with Gasteiger partial charge in [0.05, 0.1) is 4.90 Å². The lowest BCUT2D eigenvalue weighted by molar-refractivity contribution is 0.0948. The summed E-state index contributed by atoms with van der Waals surface area (Å²) < 4.78 is 45.7. The Balaban J connectivity index is 2.12. The molecule has 2 aromatic carbocycles. The van der Waals surface area contributed by atoms with E-state index in [4.69, 9.17) is 4.74 Å². The summed E-state index contributed by atoms with van der Waals surface area (Å²) in [6, 6.07) is 9.77. The summed E-state index contributed by atoms with van der Waals surface area (Å²) in [5.74, 6) is -0.916. The van der Waals surface area contributed by atoms with Crippen LogP contribution in [0.4, 0.5) is 10.1 Å². The highest BCUT2D eigenvalue weighted by Crippen LogP contribution is 2.19. The Kier molecular flexibility index (Phi) is 6.70. The fraction of sp³-hybridized carbons (Fsp3) is 0.278. The van der Waals surface area contributed by atoms with E-state index in [1.54, 1.807) is 26.2 Å². The Morgan fingerprint density at radius 3 is 2.65 bits per heavy atom. The first-order chi connectivity index (χ1) is 12.3. The standard InChI is InChI=1S/C18H21FN2O4S/c1-13-7-8-16(12-17(13)19)26(23,24)21-15-6-3-5-14(11-15)18(22)20-9-4-10-25-2/h3,5-8,11-12,21H,4,9-10H2,1-2H3,(H,20,22). The van der Waals surface area contributed by atoms with Gasteiger partial charge in [-0.1, -0.05) is 12.1 Å². The third-order valence-electron chi connectivity index (χ3n) is 3.64. The number of sulfonamides is 1. The zero-order valence-corrected chi connectivity index (χ0v) is 15.4. The molecule has 0 saturated heterocycles. The van der Waals surface area contributed by atoms with Crippen LogP contribution in [-0.4, -0.2) is 34.6 Å². The Bertz CT molecular complexity index is 885. The van der Waals surface area contributed by atoms with Crippen molar-refractivity contribution in [1.29, 1.82) is 0 Å². The maximum Gasteiger partial charge on any atom is 0.261 e. The molecule has 0 aliphatic rings. The molecule has 0 atom stereocenters. The average molecular weight is 380 g/mol. The van der Waals surface area contributed by atoms with E-state index in [0.717, 1.165) is 6.07 Å².